The predicted octanol–water partition coefficient (Wildman–Crippen LogP) is 5.71. The zero-order valence-electron chi connectivity index (χ0n) is 19.0. The van der Waals surface area contributed by atoms with E-state index in [1.165, 1.54) is 11.1 Å². The summed E-state index contributed by atoms with van der Waals surface area (Å²) in [6.07, 6.45) is 0. The van der Waals surface area contributed by atoms with E-state index < -0.39 is 0 Å². The maximum atomic E-state index is 12.9. The van der Waals surface area contributed by atoms with Gasteiger partial charge in [-0.1, -0.05) is 56.3 Å². The topological polar surface area (TPSA) is 56.1 Å². The smallest absolute Gasteiger partial charge is 0.251 e. The Labute approximate surface area is 189 Å². The fraction of sp³-hybridized carbons (Fsp3) is 0.259. The second-order valence-electron chi connectivity index (χ2n) is 8.37. The molecule has 1 atom stereocenters. The number of benzene rings is 3. The second-order valence-corrected chi connectivity index (χ2v) is 8.37. The van der Waals surface area contributed by atoms with Crippen LogP contribution < -0.4 is 10.1 Å². The van der Waals surface area contributed by atoms with Gasteiger partial charge >= 0.3 is 0 Å². The molecule has 3 aromatic carbocycles. The average Bonchev–Trinajstić information content (AvgIpc) is 3.18. The molecule has 0 spiro atoms. The molecule has 1 heterocycles. The minimum absolute atomic E-state index is 0.156. The molecule has 1 amide bonds. The minimum Gasteiger partial charge on any atom is -0.497 e. The Morgan fingerprint density at radius 3 is 2.47 bits per heavy atom. The average molecular weight is 428 g/mol. The number of nitrogens with zero attached hydrogens (tertiary/aromatic N) is 2. The van der Waals surface area contributed by atoms with Crippen LogP contribution in [0.4, 0.5) is 0 Å². The van der Waals surface area contributed by atoms with Crippen molar-refractivity contribution in [2.24, 2.45) is 0 Å². The first-order chi connectivity index (χ1) is 15.5. The molecular weight excluding hydrogens is 398 g/mol. The number of para-hydroxylation sites is 2. The van der Waals surface area contributed by atoms with Gasteiger partial charge in [0.1, 0.15) is 11.6 Å². The van der Waals surface area contributed by atoms with Crippen LogP contribution in [0.25, 0.3) is 11.0 Å². The van der Waals surface area contributed by atoms with Gasteiger partial charge in [0, 0.05) is 12.1 Å². The van der Waals surface area contributed by atoms with Crippen LogP contribution in [0, 0.1) is 0 Å². The van der Waals surface area contributed by atoms with Crippen molar-refractivity contribution < 1.29 is 9.53 Å². The predicted molar refractivity (Wildman–Crippen MR) is 128 cm³/mol. The highest BCUT2D eigenvalue weighted by Crippen LogP contribution is 2.24. The molecule has 4 aromatic rings. The lowest BCUT2D eigenvalue weighted by Gasteiger charge is -2.17. The lowest BCUT2D eigenvalue weighted by atomic mass is 10.0. The number of imidazole rings is 1. The molecule has 1 aromatic heterocycles. The number of hydrogen-bond acceptors (Lipinski definition) is 3. The zero-order valence-corrected chi connectivity index (χ0v) is 19.0. The van der Waals surface area contributed by atoms with Crippen molar-refractivity contribution in [3.05, 3.63) is 95.3 Å². The molecule has 1 N–H and O–H groups in total. The number of fused-ring (bicyclic) bond motifs is 1. The molecule has 0 aliphatic rings. The third-order valence-electron chi connectivity index (χ3n) is 5.74. The van der Waals surface area contributed by atoms with Gasteiger partial charge in [-0.2, -0.15) is 0 Å². The Balaban J connectivity index is 1.63. The Bertz CT molecular complexity index is 1230. The van der Waals surface area contributed by atoms with Crippen molar-refractivity contribution in [1.82, 2.24) is 14.9 Å². The first kappa shape index (κ1) is 21.6. The third-order valence-corrected chi connectivity index (χ3v) is 5.74. The van der Waals surface area contributed by atoms with Crippen LogP contribution in [0.15, 0.2) is 72.8 Å². The first-order valence-corrected chi connectivity index (χ1v) is 10.9. The molecular formula is C27H29N3O2. The SMILES string of the molecule is COc1cccc(C(=O)NC(C)c2nc3ccccc3n2Cc2ccc(C(C)C)cc2)c1. The molecule has 0 bridgehead atoms. The van der Waals surface area contributed by atoms with Gasteiger partial charge in [-0.15, -0.1) is 0 Å². The van der Waals surface area contributed by atoms with E-state index in [0.29, 0.717) is 23.8 Å². The summed E-state index contributed by atoms with van der Waals surface area (Å²) in [4.78, 5) is 17.7. The highest BCUT2D eigenvalue weighted by molar-refractivity contribution is 5.94. The molecule has 0 aliphatic heterocycles. The summed E-state index contributed by atoms with van der Waals surface area (Å²) >= 11 is 0. The Hall–Kier alpha value is -3.60. The van der Waals surface area contributed by atoms with Gasteiger partial charge in [0.25, 0.3) is 5.91 Å². The number of carbonyl (C=O) groups excluding carboxylic acids is 1. The molecule has 5 heteroatoms. The standard InChI is InChI=1S/C27H29N3O2/c1-18(2)21-14-12-20(13-15-21)17-30-25-11-6-5-10-24(25)29-26(30)19(3)28-27(31)22-8-7-9-23(16-22)32-4/h5-16,18-19H,17H2,1-4H3,(H,28,31). The number of amides is 1. The van der Waals surface area contributed by atoms with Crippen molar-refractivity contribution >= 4 is 16.9 Å². The van der Waals surface area contributed by atoms with E-state index in [1.807, 2.05) is 37.3 Å². The van der Waals surface area contributed by atoms with E-state index in [9.17, 15) is 4.79 Å². The van der Waals surface area contributed by atoms with Crippen LogP contribution in [0.1, 0.15) is 60.0 Å². The molecule has 0 radical (unpaired) electrons. The van der Waals surface area contributed by atoms with E-state index in [1.54, 1.807) is 19.2 Å². The number of rotatable bonds is 7. The lowest BCUT2D eigenvalue weighted by Crippen LogP contribution is -2.28. The van der Waals surface area contributed by atoms with Crippen molar-refractivity contribution in [2.45, 2.75) is 39.3 Å². The largest absolute Gasteiger partial charge is 0.497 e. The summed E-state index contributed by atoms with van der Waals surface area (Å²) < 4.78 is 7.44. The number of ether oxygens (including phenoxy) is 1. The fourth-order valence-electron chi connectivity index (χ4n) is 3.89. The van der Waals surface area contributed by atoms with Gasteiger partial charge in [0.15, 0.2) is 0 Å². The van der Waals surface area contributed by atoms with Crippen molar-refractivity contribution in [1.29, 1.82) is 0 Å². The zero-order chi connectivity index (χ0) is 22.7. The molecule has 0 saturated carbocycles. The molecule has 1 unspecified atom stereocenters. The van der Waals surface area contributed by atoms with Crippen LogP contribution >= 0.6 is 0 Å². The van der Waals surface area contributed by atoms with E-state index in [2.05, 4.69) is 54.1 Å². The van der Waals surface area contributed by atoms with E-state index in [-0.39, 0.29) is 11.9 Å². The summed E-state index contributed by atoms with van der Waals surface area (Å²) in [6.45, 7) is 7.05. The summed E-state index contributed by atoms with van der Waals surface area (Å²) in [6, 6.07) is 23.7. The minimum atomic E-state index is -0.268. The Morgan fingerprint density at radius 2 is 1.75 bits per heavy atom. The normalized spacial score (nSPS) is 12.2. The van der Waals surface area contributed by atoms with Gasteiger partial charge in [-0.3, -0.25) is 4.79 Å². The maximum absolute atomic E-state index is 12.9. The van der Waals surface area contributed by atoms with E-state index >= 15 is 0 Å². The fourth-order valence-corrected chi connectivity index (χ4v) is 3.89. The Morgan fingerprint density at radius 1 is 1.00 bits per heavy atom. The highest BCUT2D eigenvalue weighted by Gasteiger charge is 2.19. The number of methoxy groups -OCH3 is 1. The van der Waals surface area contributed by atoms with Crippen molar-refractivity contribution in [3.63, 3.8) is 0 Å². The molecule has 0 saturated heterocycles. The highest BCUT2D eigenvalue weighted by atomic mass is 16.5. The molecule has 4 rings (SSSR count). The van der Waals surface area contributed by atoms with Gasteiger partial charge in [0.2, 0.25) is 0 Å². The molecule has 0 aliphatic carbocycles. The summed E-state index contributed by atoms with van der Waals surface area (Å²) in [5, 5.41) is 3.10. The van der Waals surface area contributed by atoms with Crippen LogP contribution in [0.2, 0.25) is 0 Å². The maximum Gasteiger partial charge on any atom is 0.251 e. The van der Waals surface area contributed by atoms with Gasteiger partial charge in [-0.25, -0.2) is 4.98 Å². The first-order valence-electron chi connectivity index (χ1n) is 10.9. The number of hydrogen-bond donors (Lipinski definition) is 1. The van der Waals surface area contributed by atoms with Gasteiger partial charge < -0.3 is 14.6 Å². The monoisotopic (exact) mass is 427 g/mol. The second kappa shape index (κ2) is 9.27. The van der Waals surface area contributed by atoms with Crippen LogP contribution in [0.3, 0.4) is 0 Å². The van der Waals surface area contributed by atoms with Gasteiger partial charge in [0.05, 0.1) is 24.2 Å². The molecule has 5 nitrogen and oxygen atoms in total. The van der Waals surface area contributed by atoms with E-state index in [0.717, 1.165) is 16.9 Å². The third kappa shape index (κ3) is 4.52. The van der Waals surface area contributed by atoms with Crippen molar-refractivity contribution in [3.8, 4) is 5.75 Å². The summed E-state index contributed by atoms with van der Waals surface area (Å²) in [5.41, 5.74) is 5.05. The molecule has 32 heavy (non-hydrogen) atoms. The summed E-state index contributed by atoms with van der Waals surface area (Å²) in [7, 11) is 1.59. The Kier molecular flexibility index (Phi) is 6.26. The van der Waals surface area contributed by atoms with Crippen molar-refractivity contribution in [2.75, 3.05) is 7.11 Å². The lowest BCUT2D eigenvalue weighted by molar-refractivity contribution is 0.0937. The molecule has 0 fully saturated rings. The van der Waals surface area contributed by atoms with Crippen LogP contribution in [0.5, 0.6) is 5.75 Å². The van der Waals surface area contributed by atoms with Gasteiger partial charge in [-0.05, 0) is 54.3 Å². The number of nitrogens with one attached hydrogen (secondary N) is 1. The molecule has 164 valence electrons. The number of carbonyl (C=O) groups is 1. The van der Waals surface area contributed by atoms with E-state index in [4.69, 9.17) is 9.72 Å². The van der Waals surface area contributed by atoms with Crippen LogP contribution in [-0.2, 0) is 6.54 Å². The van der Waals surface area contributed by atoms with Crippen LogP contribution in [-0.4, -0.2) is 22.6 Å². The quantitative estimate of drug-likeness (QED) is 0.411. The summed E-state index contributed by atoms with van der Waals surface area (Å²) in [5.74, 6) is 1.83. The number of aromatic nitrogens is 2.